The fourth-order valence-corrected chi connectivity index (χ4v) is 9.93. The van der Waals surface area contributed by atoms with Crippen molar-refractivity contribution in [3.8, 4) is 11.1 Å². The second-order valence-corrected chi connectivity index (χ2v) is 20.0. The minimum Gasteiger partial charge on any atom is -0.481 e. The summed E-state index contributed by atoms with van der Waals surface area (Å²) >= 11 is 0. The number of nitrogens with one attached hydrogen (secondary N) is 6. The highest BCUT2D eigenvalue weighted by Crippen LogP contribution is 2.65. The van der Waals surface area contributed by atoms with Gasteiger partial charge in [-0.15, -0.1) is 0 Å². The maximum atomic E-state index is 13.9. The molecule has 21 heteroatoms. The summed E-state index contributed by atoms with van der Waals surface area (Å²) in [6.45, 7) is 11.8. The average molecular weight is 989 g/mol. The Morgan fingerprint density at radius 3 is 1.92 bits per heavy atom. The number of carbonyl (C=O) groups excluding carboxylic acids is 6. The van der Waals surface area contributed by atoms with Crippen LogP contribution in [0.2, 0.25) is 0 Å². The van der Waals surface area contributed by atoms with Crippen molar-refractivity contribution in [2.75, 3.05) is 13.1 Å². The lowest BCUT2D eigenvalue weighted by atomic mass is 9.43. The minimum absolute atomic E-state index is 0.109. The molecule has 3 saturated carbocycles. The second-order valence-electron chi connectivity index (χ2n) is 20.0. The van der Waals surface area contributed by atoms with Crippen LogP contribution in [-0.4, -0.2) is 126 Å². The molecule has 6 amide bonds. The third-order valence-corrected chi connectivity index (χ3v) is 14.5. The van der Waals surface area contributed by atoms with Crippen LogP contribution in [0.25, 0.3) is 11.1 Å². The van der Waals surface area contributed by atoms with Crippen molar-refractivity contribution in [1.29, 1.82) is 0 Å². The number of carboxylic acids is 2. The molecule has 4 fully saturated rings. The Bertz CT molecular complexity index is 2230. The van der Waals surface area contributed by atoms with Crippen LogP contribution < -0.4 is 43.4 Å². The molecule has 2 unspecified atom stereocenters. The van der Waals surface area contributed by atoms with E-state index in [0.29, 0.717) is 31.2 Å². The number of hydrogen-bond acceptors (Lipinski definition) is 12. The fourth-order valence-electron chi connectivity index (χ4n) is 9.93. The Hall–Kier alpha value is -5.90. The monoisotopic (exact) mass is 989 g/mol. The maximum Gasteiger partial charge on any atom is 0.481 e. The zero-order valence-electron chi connectivity index (χ0n) is 41.7. The summed E-state index contributed by atoms with van der Waals surface area (Å²) in [6.07, 6.45) is 4.28. The van der Waals surface area contributed by atoms with Gasteiger partial charge in [-0.3, -0.25) is 33.6 Å². The molecule has 1 heterocycles. The van der Waals surface area contributed by atoms with Crippen LogP contribution in [0, 0.1) is 17.3 Å². The number of carbonyl (C=O) groups is 8. The second kappa shape index (κ2) is 25.0. The summed E-state index contributed by atoms with van der Waals surface area (Å²) in [5.74, 6) is -7.54. The van der Waals surface area contributed by atoms with Gasteiger partial charge in [0, 0.05) is 18.5 Å². The Labute approximate surface area is 415 Å². The molecule has 10 atom stereocenters. The molecule has 12 N–H and O–H groups in total. The van der Waals surface area contributed by atoms with Gasteiger partial charge in [-0.1, -0.05) is 63.6 Å². The van der Waals surface area contributed by atoms with E-state index < -0.39 is 122 Å². The SMILES string of the molecule is CCCCc1ccc(-c2ccc(C(=O)N[C@@H](CN)C(=O)NC(CCC(=O)NC(CC(=O)O)C(=O)O)C(=O)N[C@@H](C)C(=O)N[C@@H](CCCCN)C(=O)N[C@@H](C)B3O[C@@H]4C[C@@H]5C[C@@H](C5(C)C)[C@]4(C)O3)cc2)cc1. The zero-order valence-corrected chi connectivity index (χ0v) is 41.7. The van der Waals surface area contributed by atoms with Gasteiger partial charge in [0.2, 0.25) is 29.5 Å². The van der Waals surface area contributed by atoms with Crippen molar-refractivity contribution in [1.82, 2.24) is 31.9 Å². The zero-order chi connectivity index (χ0) is 52.2. The first-order valence-electron chi connectivity index (χ1n) is 24.8. The molecule has 71 heavy (non-hydrogen) atoms. The molecule has 4 aliphatic rings. The summed E-state index contributed by atoms with van der Waals surface area (Å²) < 4.78 is 12.9. The molecule has 2 bridgehead atoms. The van der Waals surface area contributed by atoms with E-state index in [2.05, 4.69) is 71.7 Å². The number of nitrogens with two attached hydrogens (primary N) is 2. The first kappa shape index (κ1) is 56.0. The molecule has 0 spiro atoms. The number of aliphatic carboxylic acids is 2. The number of aryl methyl sites for hydroxylation is 1. The lowest BCUT2D eigenvalue weighted by Gasteiger charge is -2.64. The van der Waals surface area contributed by atoms with E-state index in [1.807, 2.05) is 12.1 Å². The maximum absolute atomic E-state index is 13.9. The van der Waals surface area contributed by atoms with Crippen LogP contribution >= 0.6 is 0 Å². The van der Waals surface area contributed by atoms with Crippen LogP contribution in [0.15, 0.2) is 48.5 Å². The summed E-state index contributed by atoms with van der Waals surface area (Å²) in [7, 11) is -0.716. The fraction of sp³-hybridized carbons (Fsp3) is 0.600. The molecule has 6 rings (SSSR count). The van der Waals surface area contributed by atoms with Crippen molar-refractivity contribution in [2.24, 2.45) is 28.7 Å². The van der Waals surface area contributed by atoms with Crippen molar-refractivity contribution in [3.63, 3.8) is 0 Å². The van der Waals surface area contributed by atoms with Crippen molar-refractivity contribution >= 4 is 54.5 Å². The number of benzene rings is 2. The summed E-state index contributed by atoms with van der Waals surface area (Å²) in [5, 5.41) is 33.9. The average Bonchev–Trinajstić information content (AvgIpc) is 3.70. The molecule has 1 aliphatic heterocycles. The molecule has 0 radical (unpaired) electrons. The van der Waals surface area contributed by atoms with Gasteiger partial charge in [0.05, 0.1) is 24.1 Å². The van der Waals surface area contributed by atoms with Crippen molar-refractivity contribution in [3.05, 3.63) is 59.7 Å². The quantitative estimate of drug-likeness (QED) is 0.0452. The predicted octanol–water partition coefficient (Wildman–Crippen LogP) is 1.95. The van der Waals surface area contributed by atoms with Gasteiger partial charge in [-0.05, 0) is 125 Å². The van der Waals surface area contributed by atoms with Gasteiger partial charge >= 0.3 is 19.1 Å². The van der Waals surface area contributed by atoms with E-state index >= 15 is 0 Å². The highest BCUT2D eigenvalue weighted by atomic mass is 16.7. The molecular weight excluding hydrogens is 915 g/mol. The lowest BCUT2D eigenvalue weighted by molar-refractivity contribution is -0.199. The lowest BCUT2D eigenvalue weighted by Crippen LogP contribution is -2.65. The Morgan fingerprint density at radius 1 is 0.718 bits per heavy atom. The number of rotatable bonds is 27. The van der Waals surface area contributed by atoms with E-state index in [9.17, 15) is 43.5 Å². The molecule has 3 aliphatic carbocycles. The summed E-state index contributed by atoms with van der Waals surface area (Å²) in [4.78, 5) is 104. The van der Waals surface area contributed by atoms with Gasteiger partial charge in [0.1, 0.15) is 30.2 Å². The molecule has 0 aromatic heterocycles. The topological polar surface area (TPSA) is 320 Å². The summed E-state index contributed by atoms with van der Waals surface area (Å²) in [5.41, 5.74) is 14.6. The Balaban J connectivity index is 1.23. The molecule has 20 nitrogen and oxygen atoms in total. The summed E-state index contributed by atoms with van der Waals surface area (Å²) in [6, 6.07) is 7.78. The molecule has 1 saturated heterocycles. The van der Waals surface area contributed by atoms with Crippen LogP contribution in [0.5, 0.6) is 0 Å². The molecule has 2 aromatic rings. The smallest absolute Gasteiger partial charge is 0.481 e. The minimum atomic E-state index is -1.78. The first-order valence-corrected chi connectivity index (χ1v) is 24.8. The number of amides is 6. The van der Waals surface area contributed by atoms with E-state index in [1.54, 1.807) is 31.2 Å². The molecule has 2 aromatic carbocycles. The Kier molecular flexibility index (Phi) is 19.7. The van der Waals surface area contributed by atoms with Crippen LogP contribution in [0.1, 0.15) is 122 Å². The normalized spacial score (nSPS) is 22.1. The van der Waals surface area contributed by atoms with Gasteiger partial charge in [0.15, 0.2) is 0 Å². The van der Waals surface area contributed by atoms with Gasteiger partial charge < -0.3 is 62.9 Å². The third kappa shape index (κ3) is 14.4. The molecule has 388 valence electrons. The van der Waals surface area contributed by atoms with E-state index in [-0.39, 0.29) is 23.5 Å². The van der Waals surface area contributed by atoms with E-state index in [4.69, 9.17) is 25.9 Å². The first-order chi connectivity index (χ1) is 33.6. The highest BCUT2D eigenvalue weighted by Gasteiger charge is 2.68. The van der Waals surface area contributed by atoms with Crippen LogP contribution in [-0.2, 0) is 49.3 Å². The van der Waals surface area contributed by atoms with Gasteiger partial charge in [-0.2, -0.15) is 0 Å². The third-order valence-electron chi connectivity index (χ3n) is 14.5. The number of carboxylic acid groups (broad SMARTS) is 2. The van der Waals surface area contributed by atoms with Crippen LogP contribution in [0.4, 0.5) is 0 Å². The predicted molar refractivity (Wildman–Crippen MR) is 264 cm³/mol. The largest absolute Gasteiger partial charge is 0.481 e. The molecular formula is C50H73BN8O12. The van der Waals surface area contributed by atoms with Crippen LogP contribution in [0.3, 0.4) is 0 Å². The van der Waals surface area contributed by atoms with E-state index in [1.165, 1.54) is 12.5 Å². The highest BCUT2D eigenvalue weighted by molar-refractivity contribution is 6.47. The number of hydrogen-bond donors (Lipinski definition) is 10. The van der Waals surface area contributed by atoms with Gasteiger partial charge in [-0.25, -0.2) is 4.79 Å². The van der Waals surface area contributed by atoms with Gasteiger partial charge in [0.25, 0.3) is 5.91 Å². The standard InChI is InChI=1S/C50H73BN8O12/c1-7-8-11-30-13-15-31(16-14-30)32-17-19-33(20-18-32)44(64)59-38(27-53)47(67)58-36(21-22-41(60)56-37(48(68)69)26-42(61)62)45(65)54-28(2)43(63)57-35(12-9-10-23-52)46(66)55-29(3)51-70-40-25-34-24-39(49(34,4)5)50(40,6)71-51/h13-20,28-29,34-40H,7-12,21-27,52-53H2,1-6H3,(H,54,65)(H,55,66)(H,56,60)(H,57,63)(H,58,67)(H,59,64)(H,61,62)(H,68,69)/t28-,29-,34-,35-,36?,37?,38-,39-,40+,50-/m0/s1. The van der Waals surface area contributed by atoms with E-state index in [0.717, 1.165) is 43.2 Å². The van der Waals surface area contributed by atoms with Crippen molar-refractivity contribution in [2.45, 2.75) is 160 Å². The van der Waals surface area contributed by atoms with Crippen molar-refractivity contribution < 1.29 is 57.9 Å². The Morgan fingerprint density at radius 2 is 1.32 bits per heavy atom. The number of unbranched alkanes of at least 4 members (excludes halogenated alkanes) is 2.